The molecule has 0 aromatic heterocycles. The zero-order valence-corrected chi connectivity index (χ0v) is 36.3. The smallest absolute Gasteiger partial charge is 0.323 e. The molecule has 0 aliphatic carbocycles. The number of nitrogens with zero attached hydrogens (tertiary/aromatic N) is 2. The molecule has 4 N–H and O–H groups in total. The molecule has 5 amide bonds. The second-order valence-electron chi connectivity index (χ2n) is 16.7. The quantitative estimate of drug-likeness (QED) is 0.102. The Labute approximate surface area is 355 Å². The summed E-state index contributed by atoms with van der Waals surface area (Å²) in [6, 6.07) is 20.1. The standard InChI is InChI=1S/C47H64N6O7/c1-31(2)26-41(53(7)43(55)29-36-19-21-37(22-20-36)48-47(59)51-38-18-12-11-14-33(38)5)46(58)50-40(30-44(56)60-32(3)4)45(57)49-39(27-34-15-9-8-10-16-34)42(54)28-35-17-13-24-52(6)25-23-35/h8-12,14-16,18-22,31-32,35,39-41H,13,17,23-30H2,1-7H3,(H,49,57)(H,50,58)(H2,48,51,59)/t35?,39?,40-,41?/m0/s1. The van der Waals surface area contributed by atoms with Crippen molar-refractivity contribution in [2.75, 3.05) is 37.8 Å². The monoisotopic (exact) mass is 824 g/mol. The molecule has 60 heavy (non-hydrogen) atoms. The summed E-state index contributed by atoms with van der Waals surface area (Å²) in [4.78, 5) is 85.3. The van der Waals surface area contributed by atoms with E-state index in [1.807, 2.05) is 75.4 Å². The maximum atomic E-state index is 14.2. The van der Waals surface area contributed by atoms with Crippen LogP contribution >= 0.6 is 0 Å². The van der Waals surface area contributed by atoms with E-state index in [1.54, 1.807) is 45.2 Å². The molecule has 1 saturated heterocycles. The zero-order valence-electron chi connectivity index (χ0n) is 36.3. The molecular weight excluding hydrogens is 761 g/mol. The van der Waals surface area contributed by atoms with E-state index in [9.17, 15) is 28.8 Å². The van der Waals surface area contributed by atoms with Gasteiger partial charge in [0, 0.05) is 24.8 Å². The molecular formula is C47H64N6O7. The van der Waals surface area contributed by atoms with Crippen LogP contribution in [0.25, 0.3) is 0 Å². The van der Waals surface area contributed by atoms with Crippen LogP contribution in [0.5, 0.6) is 0 Å². The Bertz CT molecular complexity index is 1900. The number of carbonyl (C=O) groups is 6. The van der Waals surface area contributed by atoms with E-state index >= 15 is 0 Å². The van der Waals surface area contributed by atoms with Gasteiger partial charge in [-0.3, -0.25) is 24.0 Å². The number of hydrogen-bond acceptors (Lipinski definition) is 8. The minimum absolute atomic E-state index is 0.0120. The average Bonchev–Trinajstić information content (AvgIpc) is 3.40. The summed E-state index contributed by atoms with van der Waals surface area (Å²) in [7, 11) is 3.62. The normalized spacial score (nSPS) is 15.8. The van der Waals surface area contributed by atoms with Crippen molar-refractivity contribution in [3.63, 3.8) is 0 Å². The number of likely N-dealkylation sites (N-methyl/N-ethyl adjacent to an activating group) is 1. The van der Waals surface area contributed by atoms with Crippen molar-refractivity contribution in [1.29, 1.82) is 0 Å². The number of hydrogen-bond donors (Lipinski definition) is 4. The Hall–Kier alpha value is -5.56. The predicted molar refractivity (Wildman–Crippen MR) is 234 cm³/mol. The van der Waals surface area contributed by atoms with Crippen LogP contribution in [0.3, 0.4) is 0 Å². The maximum absolute atomic E-state index is 14.2. The molecule has 0 radical (unpaired) electrons. The first-order chi connectivity index (χ1) is 28.6. The van der Waals surface area contributed by atoms with Gasteiger partial charge in [-0.05, 0) is 120 Å². The van der Waals surface area contributed by atoms with Gasteiger partial charge >= 0.3 is 12.0 Å². The number of ketones is 1. The summed E-state index contributed by atoms with van der Waals surface area (Å²) in [6.07, 6.45) is 2.68. The number of benzene rings is 3. The number of aryl methyl sites for hydroxylation is 1. The first-order valence-corrected chi connectivity index (χ1v) is 21.1. The number of para-hydroxylation sites is 1. The lowest BCUT2D eigenvalue weighted by atomic mass is 9.90. The van der Waals surface area contributed by atoms with Crippen LogP contribution in [0, 0.1) is 18.8 Å². The molecule has 4 rings (SSSR count). The molecule has 4 atom stereocenters. The van der Waals surface area contributed by atoms with Gasteiger partial charge in [0.15, 0.2) is 5.78 Å². The largest absolute Gasteiger partial charge is 0.463 e. The number of amides is 5. The summed E-state index contributed by atoms with van der Waals surface area (Å²) in [5.74, 6) is -2.25. The highest BCUT2D eigenvalue weighted by molar-refractivity contribution is 6.00. The number of rotatable bonds is 19. The fraction of sp³-hybridized carbons (Fsp3) is 0.489. The van der Waals surface area contributed by atoms with Crippen molar-refractivity contribution in [3.8, 4) is 0 Å². The molecule has 13 heteroatoms. The molecule has 0 saturated carbocycles. The molecule has 3 unspecified atom stereocenters. The number of ether oxygens (including phenoxy) is 1. The van der Waals surface area contributed by atoms with Gasteiger partial charge in [-0.25, -0.2) is 4.79 Å². The summed E-state index contributed by atoms with van der Waals surface area (Å²) in [5.41, 5.74) is 3.68. The zero-order chi connectivity index (χ0) is 43.8. The molecule has 1 aliphatic heterocycles. The van der Waals surface area contributed by atoms with Gasteiger partial charge in [0.25, 0.3) is 0 Å². The summed E-state index contributed by atoms with van der Waals surface area (Å²) < 4.78 is 5.39. The van der Waals surface area contributed by atoms with Gasteiger partial charge in [0.05, 0.1) is 25.0 Å². The molecule has 0 spiro atoms. The number of Topliss-reactive ketones (excluding diaryl/α,β-unsaturated/α-hetero) is 1. The SMILES string of the molecule is Cc1ccccc1NC(=O)Nc1ccc(CC(=O)N(C)C(CC(C)C)C(=O)N[C@@H](CC(=O)OC(C)C)C(=O)NC(Cc2ccccc2)C(=O)CC2CCCN(C)CC2)cc1. The topological polar surface area (TPSA) is 166 Å². The third-order valence-corrected chi connectivity index (χ3v) is 10.7. The van der Waals surface area contributed by atoms with Crippen molar-refractivity contribution in [3.05, 3.63) is 95.6 Å². The summed E-state index contributed by atoms with van der Waals surface area (Å²) in [5, 5.41) is 11.3. The van der Waals surface area contributed by atoms with Gasteiger partial charge in [-0.15, -0.1) is 0 Å². The highest BCUT2D eigenvalue weighted by atomic mass is 16.5. The Balaban J connectivity index is 1.48. The number of urea groups is 1. The number of carbonyl (C=O) groups excluding carboxylic acids is 6. The lowest BCUT2D eigenvalue weighted by Gasteiger charge is -2.31. The van der Waals surface area contributed by atoms with Crippen molar-refractivity contribution in [1.82, 2.24) is 20.4 Å². The van der Waals surface area contributed by atoms with Gasteiger partial charge < -0.3 is 35.8 Å². The van der Waals surface area contributed by atoms with E-state index in [-0.39, 0.29) is 42.8 Å². The Morgan fingerprint density at radius 1 is 0.783 bits per heavy atom. The van der Waals surface area contributed by atoms with E-state index in [2.05, 4.69) is 33.2 Å². The Kier molecular flexibility index (Phi) is 18.3. The second kappa shape index (κ2) is 23.3. The van der Waals surface area contributed by atoms with Gasteiger partial charge in [0.2, 0.25) is 17.7 Å². The number of esters is 1. The average molecular weight is 825 g/mol. The van der Waals surface area contributed by atoms with E-state index in [1.165, 1.54) is 4.90 Å². The van der Waals surface area contributed by atoms with Crippen molar-refractivity contribution in [2.45, 2.75) is 110 Å². The second-order valence-corrected chi connectivity index (χ2v) is 16.7. The van der Waals surface area contributed by atoms with Crippen molar-refractivity contribution in [2.24, 2.45) is 11.8 Å². The minimum Gasteiger partial charge on any atom is -0.463 e. The molecule has 324 valence electrons. The van der Waals surface area contributed by atoms with Gasteiger partial charge in [-0.1, -0.05) is 74.5 Å². The van der Waals surface area contributed by atoms with Crippen LogP contribution in [-0.4, -0.2) is 96.7 Å². The maximum Gasteiger partial charge on any atom is 0.323 e. The van der Waals surface area contributed by atoms with Crippen molar-refractivity contribution < 1.29 is 33.5 Å². The summed E-state index contributed by atoms with van der Waals surface area (Å²) >= 11 is 0. The van der Waals surface area contributed by atoms with Crippen LogP contribution in [0.1, 0.15) is 82.9 Å². The lowest BCUT2D eigenvalue weighted by Crippen LogP contribution is -2.57. The van der Waals surface area contributed by atoms with Crippen LogP contribution in [-0.2, 0) is 41.6 Å². The van der Waals surface area contributed by atoms with Crippen molar-refractivity contribution >= 4 is 46.9 Å². The molecule has 13 nitrogen and oxygen atoms in total. The van der Waals surface area contributed by atoms with Gasteiger partial charge in [0.1, 0.15) is 12.1 Å². The number of nitrogens with one attached hydrogen (secondary N) is 4. The highest BCUT2D eigenvalue weighted by Gasteiger charge is 2.34. The fourth-order valence-electron chi connectivity index (χ4n) is 7.33. The van der Waals surface area contributed by atoms with Crippen LogP contribution in [0.4, 0.5) is 16.2 Å². The first-order valence-electron chi connectivity index (χ1n) is 21.1. The Morgan fingerprint density at radius 2 is 1.45 bits per heavy atom. The minimum atomic E-state index is -1.37. The number of anilines is 2. The van der Waals surface area contributed by atoms with E-state index < -0.39 is 54.5 Å². The van der Waals surface area contributed by atoms with Crippen LogP contribution in [0.2, 0.25) is 0 Å². The molecule has 3 aromatic carbocycles. The molecule has 1 heterocycles. The fourth-order valence-corrected chi connectivity index (χ4v) is 7.33. The van der Waals surface area contributed by atoms with E-state index in [4.69, 9.17) is 4.74 Å². The van der Waals surface area contributed by atoms with E-state index in [0.717, 1.165) is 43.5 Å². The van der Waals surface area contributed by atoms with E-state index in [0.29, 0.717) is 23.4 Å². The Morgan fingerprint density at radius 3 is 2.12 bits per heavy atom. The molecule has 3 aromatic rings. The first kappa shape index (κ1) is 47.1. The van der Waals surface area contributed by atoms with Crippen LogP contribution < -0.4 is 21.3 Å². The number of likely N-dealkylation sites (tertiary alicyclic amines) is 1. The third kappa shape index (κ3) is 15.6. The predicted octanol–water partition coefficient (Wildman–Crippen LogP) is 6.30. The molecule has 1 fully saturated rings. The van der Waals surface area contributed by atoms with Gasteiger partial charge in [-0.2, -0.15) is 0 Å². The molecule has 0 bridgehead atoms. The summed E-state index contributed by atoms with van der Waals surface area (Å²) in [6.45, 7) is 11.0. The third-order valence-electron chi connectivity index (χ3n) is 10.7. The van der Waals surface area contributed by atoms with Crippen LogP contribution in [0.15, 0.2) is 78.9 Å². The lowest BCUT2D eigenvalue weighted by molar-refractivity contribution is -0.150. The molecule has 1 aliphatic rings. The highest BCUT2D eigenvalue weighted by Crippen LogP contribution is 2.22.